The lowest BCUT2D eigenvalue weighted by molar-refractivity contribution is -0.137. The Morgan fingerprint density at radius 2 is 1.90 bits per heavy atom. The Hall–Kier alpha value is -0.850. The molecule has 1 nitrogen and oxygen atoms in total. The van der Waals surface area contributed by atoms with Crippen LogP contribution in [0.4, 0.5) is 13.2 Å². The van der Waals surface area contributed by atoms with Crippen LogP contribution >= 0.6 is 27.3 Å². The molecular weight excluding hydrogens is 363 g/mol. The maximum atomic E-state index is 12.9. The molecule has 0 saturated carbocycles. The van der Waals surface area contributed by atoms with Gasteiger partial charge in [0.05, 0.1) is 5.56 Å². The summed E-state index contributed by atoms with van der Waals surface area (Å²) in [5.74, 6) is 0. The lowest BCUT2D eigenvalue weighted by Crippen LogP contribution is -2.21. The van der Waals surface area contributed by atoms with Gasteiger partial charge in [0.2, 0.25) is 0 Å². The molecular formula is C15H15BrF3NS. The standard InChI is InChI=1S/C15H15BrF3NS/c1-9(2)20-8-13-3-4-14(21-13)10-5-11(15(17,18)19)7-12(16)6-10/h3-7,9,20H,8H2,1-2H3. The molecule has 2 aromatic rings. The van der Waals surface area contributed by atoms with Crippen molar-refractivity contribution in [3.05, 3.63) is 45.2 Å². The highest BCUT2D eigenvalue weighted by atomic mass is 79.9. The van der Waals surface area contributed by atoms with E-state index in [1.54, 1.807) is 6.07 Å². The number of hydrogen-bond acceptors (Lipinski definition) is 2. The Labute approximate surface area is 134 Å². The third kappa shape index (κ3) is 4.56. The van der Waals surface area contributed by atoms with Crippen molar-refractivity contribution in [2.45, 2.75) is 32.6 Å². The van der Waals surface area contributed by atoms with E-state index < -0.39 is 11.7 Å². The first-order chi connectivity index (χ1) is 9.75. The van der Waals surface area contributed by atoms with Gasteiger partial charge < -0.3 is 5.32 Å². The van der Waals surface area contributed by atoms with Gasteiger partial charge in [0, 0.05) is 26.8 Å². The SMILES string of the molecule is CC(C)NCc1ccc(-c2cc(Br)cc(C(F)(F)F)c2)s1. The van der Waals surface area contributed by atoms with Crippen molar-refractivity contribution in [3.63, 3.8) is 0 Å². The van der Waals surface area contributed by atoms with Gasteiger partial charge in [0.1, 0.15) is 0 Å². The van der Waals surface area contributed by atoms with E-state index in [9.17, 15) is 13.2 Å². The molecule has 21 heavy (non-hydrogen) atoms. The second-order valence-corrected chi connectivity index (χ2v) is 7.11. The molecule has 6 heteroatoms. The van der Waals surface area contributed by atoms with Crippen molar-refractivity contribution in [1.29, 1.82) is 0 Å². The summed E-state index contributed by atoms with van der Waals surface area (Å²) in [5.41, 5.74) is -0.0559. The molecule has 0 saturated heterocycles. The van der Waals surface area contributed by atoms with Gasteiger partial charge in [-0.3, -0.25) is 0 Å². The van der Waals surface area contributed by atoms with Crippen LogP contribution in [-0.4, -0.2) is 6.04 Å². The number of rotatable bonds is 4. The largest absolute Gasteiger partial charge is 0.416 e. The summed E-state index contributed by atoms with van der Waals surface area (Å²) in [5, 5.41) is 3.29. The van der Waals surface area contributed by atoms with Crippen molar-refractivity contribution in [1.82, 2.24) is 5.32 Å². The zero-order valence-electron chi connectivity index (χ0n) is 11.6. The first-order valence-corrected chi connectivity index (χ1v) is 8.07. The highest BCUT2D eigenvalue weighted by Gasteiger charge is 2.31. The molecule has 1 aromatic carbocycles. The number of thiophene rings is 1. The first-order valence-electron chi connectivity index (χ1n) is 6.46. The van der Waals surface area contributed by atoms with Crippen LogP contribution in [0.15, 0.2) is 34.8 Å². The fourth-order valence-electron chi connectivity index (χ4n) is 1.83. The Morgan fingerprint density at radius 1 is 1.19 bits per heavy atom. The Kier molecular flexibility index (Phi) is 5.11. The van der Waals surface area contributed by atoms with Crippen LogP contribution in [0.25, 0.3) is 10.4 Å². The Balaban J connectivity index is 2.28. The van der Waals surface area contributed by atoms with E-state index in [-0.39, 0.29) is 0 Å². The zero-order valence-corrected chi connectivity index (χ0v) is 14.0. The van der Waals surface area contributed by atoms with Gasteiger partial charge >= 0.3 is 6.18 Å². The Morgan fingerprint density at radius 3 is 2.52 bits per heavy atom. The molecule has 0 radical (unpaired) electrons. The number of alkyl halides is 3. The maximum Gasteiger partial charge on any atom is 0.416 e. The van der Waals surface area contributed by atoms with Gasteiger partial charge in [0.15, 0.2) is 0 Å². The van der Waals surface area contributed by atoms with Crippen LogP contribution in [0.5, 0.6) is 0 Å². The van der Waals surface area contributed by atoms with Crippen LogP contribution in [-0.2, 0) is 12.7 Å². The molecule has 0 atom stereocenters. The minimum atomic E-state index is -4.34. The monoisotopic (exact) mass is 377 g/mol. The molecule has 0 aliphatic heterocycles. The lowest BCUT2D eigenvalue weighted by Gasteiger charge is -2.09. The van der Waals surface area contributed by atoms with Gasteiger partial charge in [-0.25, -0.2) is 0 Å². The third-order valence-corrected chi connectivity index (χ3v) is 4.45. The predicted octanol–water partition coefficient (Wildman–Crippen LogP) is 5.69. The molecule has 1 N–H and O–H groups in total. The predicted molar refractivity (Wildman–Crippen MR) is 84.4 cm³/mol. The van der Waals surface area contributed by atoms with Crippen LogP contribution in [0.2, 0.25) is 0 Å². The number of halogens is 4. The second-order valence-electron chi connectivity index (χ2n) is 5.03. The fourth-order valence-corrected chi connectivity index (χ4v) is 3.27. The molecule has 1 aromatic heterocycles. The summed E-state index contributed by atoms with van der Waals surface area (Å²) >= 11 is 4.66. The van der Waals surface area contributed by atoms with Crippen molar-refractivity contribution < 1.29 is 13.2 Å². The number of nitrogens with one attached hydrogen (secondary N) is 1. The van der Waals surface area contributed by atoms with E-state index in [0.29, 0.717) is 16.1 Å². The van der Waals surface area contributed by atoms with Crippen molar-refractivity contribution in [2.75, 3.05) is 0 Å². The molecule has 0 spiro atoms. The van der Waals surface area contributed by atoms with E-state index in [1.807, 2.05) is 12.1 Å². The van der Waals surface area contributed by atoms with E-state index >= 15 is 0 Å². The van der Waals surface area contributed by atoms with Crippen LogP contribution in [0.3, 0.4) is 0 Å². The van der Waals surface area contributed by atoms with Gasteiger partial charge in [-0.2, -0.15) is 13.2 Å². The summed E-state index contributed by atoms with van der Waals surface area (Å²) < 4.78 is 39.0. The minimum absolute atomic E-state index is 0.373. The normalized spacial score (nSPS) is 12.1. The van der Waals surface area contributed by atoms with Crippen LogP contribution in [0.1, 0.15) is 24.3 Å². The second kappa shape index (κ2) is 6.50. The quantitative estimate of drug-likeness (QED) is 0.720. The summed E-state index contributed by atoms with van der Waals surface area (Å²) in [7, 11) is 0. The number of hydrogen-bond donors (Lipinski definition) is 1. The molecule has 0 aliphatic rings. The van der Waals surface area contributed by atoms with E-state index in [0.717, 1.165) is 22.4 Å². The fraction of sp³-hybridized carbons (Fsp3) is 0.333. The zero-order chi connectivity index (χ0) is 15.6. The van der Waals surface area contributed by atoms with Gasteiger partial charge in [-0.15, -0.1) is 11.3 Å². The van der Waals surface area contributed by atoms with E-state index in [2.05, 4.69) is 35.1 Å². The first kappa shape index (κ1) is 16.5. The van der Waals surface area contributed by atoms with Crippen LogP contribution < -0.4 is 5.32 Å². The Bertz CT molecular complexity index is 620. The molecule has 0 bridgehead atoms. The molecule has 0 unspecified atom stereocenters. The van der Waals surface area contributed by atoms with Gasteiger partial charge in [-0.05, 0) is 35.9 Å². The average Bonchev–Trinajstić information content (AvgIpc) is 2.83. The summed E-state index contributed by atoms with van der Waals surface area (Å²) in [6.07, 6.45) is -4.34. The average molecular weight is 378 g/mol. The van der Waals surface area contributed by atoms with Crippen LogP contribution in [0, 0.1) is 0 Å². The minimum Gasteiger partial charge on any atom is -0.310 e. The molecule has 0 amide bonds. The lowest BCUT2D eigenvalue weighted by atomic mass is 10.1. The van der Waals surface area contributed by atoms with Gasteiger partial charge in [0.25, 0.3) is 0 Å². The summed E-state index contributed by atoms with van der Waals surface area (Å²) in [6.45, 7) is 4.83. The maximum absolute atomic E-state index is 12.9. The van der Waals surface area contributed by atoms with E-state index in [4.69, 9.17) is 0 Å². The smallest absolute Gasteiger partial charge is 0.310 e. The molecule has 1 heterocycles. The third-order valence-electron chi connectivity index (χ3n) is 2.86. The highest BCUT2D eigenvalue weighted by molar-refractivity contribution is 9.10. The molecule has 2 rings (SSSR count). The van der Waals surface area contributed by atoms with Crippen molar-refractivity contribution in [2.24, 2.45) is 0 Å². The molecule has 114 valence electrons. The number of benzene rings is 1. The van der Waals surface area contributed by atoms with Crippen molar-refractivity contribution in [3.8, 4) is 10.4 Å². The van der Waals surface area contributed by atoms with E-state index in [1.165, 1.54) is 17.4 Å². The van der Waals surface area contributed by atoms with Crippen molar-refractivity contribution >= 4 is 27.3 Å². The van der Waals surface area contributed by atoms with Gasteiger partial charge in [-0.1, -0.05) is 29.8 Å². The highest BCUT2D eigenvalue weighted by Crippen LogP contribution is 2.36. The topological polar surface area (TPSA) is 12.0 Å². The molecule has 0 fully saturated rings. The summed E-state index contributed by atoms with van der Waals surface area (Å²) in [6, 6.07) is 8.18. The summed E-state index contributed by atoms with van der Waals surface area (Å²) in [4.78, 5) is 1.94. The molecule has 0 aliphatic carbocycles.